The molecule has 1 aliphatic rings. The first-order chi connectivity index (χ1) is 10.2. The summed E-state index contributed by atoms with van der Waals surface area (Å²) in [5.74, 6) is 0.659. The van der Waals surface area contributed by atoms with Crippen LogP contribution in [-0.4, -0.2) is 41.3 Å². The lowest BCUT2D eigenvalue weighted by atomic mass is 9.96. The van der Waals surface area contributed by atoms with E-state index in [0.717, 1.165) is 38.9 Å². The van der Waals surface area contributed by atoms with Crippen LogP contribution in [0.3, 0.4) is 0 Å². The summed E-state index contributed by atoms with van der Waals surface area (Å²) in [6.07, 6.45) is 6.64. The molecule has 0 atom stereocenters. The Kier molecular flexibility index (Phi) is 5.72. The van der Waals surface area contributed by atoms with E-state index >= 15 is 0 Å². The first-order valence-electron chi connectivity index (χ1n) is 7.66. The fourth-order valence-corrected chi connectivity index (χ4v) is 2.59. The number of aromatic nitrogens is 1. The number of hydrogen-bond donors (Lipinski definition) is 1. The number of carbonyl (C=O) groups excluding carboxylic acids is 2. The van der Waals surface area contributed by atoms with Gasteiger partial charge in [0.2, 0.25) is 5.91 Å². The molecule has 0 spiro atoms. The van der Waals surface area contributed by atoms with Gasteiger partial charge in [-0.05, 0) is 37.3 Å². The molecular weight excluding hydrogens is 266 g/mol. The molecule has 5 nitrogen and oxygen atoms in total. The number of nitrogens with one attached hydrogen (secondary N) is 1. The summed E-state index contributed by atoms with van der Waals surface area (Å²) in [5.41, 5.74) is 0.646. The van der Waals surface area contributed by atoms with Gasteiger partial charge in [0.1, 0.15) is 0 Å². The summed E-state index contributed by atoms with van der Waals surface area (Å²) in [6.45, 7) is 4.24. The minimum Gasteiger partial charge on any atom is -0.356 e. The smallest absolute Gasteiger partial charge is 0.255 e. The van der Waals surface area contributed by atoms with Crippen LogP contribution >= 0.6 is 0 Å². The van der Waals surface area contributed by atoms with Crippen LogP contribution in [0.2, 0.25) is 0 Å². The molecule has 1 N–H and O–H groups in total. The maximum atomic E-state index is 12.3. The van der Waals surface area contributed by atoms with Crippen molar-refractivity contribution in [1.82, 2.24) is 15.2 Å². The molecule has 1 aromatic heterocycles. The van der Waals surface area contributed by atoms with E-state index in [1.54, 1.807) is 24.5 Å². The molecule has 5 heteroatoms. The van der Waals surface area contributed by atoms with Crippen LogP contribution < -0.4 is 5.32 Å². The third-order valence-electron chi connectivity index (χ3n) is 3.88. The Morgan fingerprint density at radius 3 is 2.76 bits per heavy atom. The number of amides is 2. The predicted molar refractivity (Wildman–Crippen MR) is 80.8 cm³/mol. The Morgan fingerprint density at radius 2 is 2.14 bits per heavy atom. The van der Waals surface area contributed by atoms with Crippen molar-refractivity contribution in [3.63, 3.8) is 0 Å². The van der Waals surface area contributed by atoms with Gasteiger partial charge in [0.15, 0.2) is 0 Å². The van der Waals surface area contributed by atoms with Crippen LogP contribution in [0.25, 0.3) is 0 Å². The summed E-state index contributed by atoms with van der Waals surface area (Å²) in [7, 11) is 0. The van der Waals surface area contributed by atoms with Gasteiger partial charge in [-0.1, -0.05) is 6.92 Å². The van der Waals surface area contributed by atoms with Gasteiger partial charge in [0, 0.05) is 38.4 Å². The van der Waals surface area contributed by atoms with Crippen LogP contribution in [0.5, 0.6) is 0 Å². The van der Waals surface area contributed by atoms with Gasteiger partial charge in [-0.3, -0.25) is 14.6 Å². The van der Waals surface area contributed by atoms with Crippen LogP contribution in [0.4, 0.5) is 0 Å². The van der Waals surface area contributed by atoms with E-state index in [0.29, 0.717) is 17.9 Å². The zero-order valence-corrected chi connectivity index (χ0v) is 12.5. The topological polar surface area (TPSA) is 62.3 Å². The average Bonchev–Trinajstić information content (AvgIpc) is 2.54. The Hall–Kier alpha value is -1.91. The fourth-order valence-electron chi connectivity index (χ4n) is 2.59. The Morgan fingerprint density at radius 1 is 1.38 bits per heavy atom. The zero-order chi connectivity index (χ0) is 15.1. The normalized spacial score (nSPS) is 15.8. The second-order valence-electron chi connectivity index (χ2n) is 5.53. The number of hydrogen-bond acceptors (Lipinski definition) is 3. The summed E-state index contributed by atoms with van der Waals surface area (Å²) >= 11 is 0. The number of nitrogens with zero attached hydrogens (tertiary/aromatic N) is 2. The van der Waals surface area contributed by atoms with Gasteiger partial charge in [-0.15, -0.1) is 0 Å². The maximum absolute atomic E-state index is 12.3. The van der Waals surface area contributed by atoms with Crippen molar-refractivity contribution < 1.29 is 9.59 Å². The third-order valence-corrected chi connectivity index (χ3v) is 3.88. The molecule has 21 heavy (non-hydrogen) atoms. The zero-order valence-electron chi connectivity index (χ0n) is 12.5. The molecule has 1 aromatic rings. The van der Waals surface area contributed by atoms with Gasteiger partial charge < -0.3 is 10.2 Å². The maximum Gasteiger partial charge on any atom is 0.255 e. The molecule has 2 rings (SSSR count). The largest absolute Gasteiger partial charge is 0.356 e. The Balaban J connectivity index is 1.76. The molecule has 2 heterocycles. The standard InChI is InChI=1S/C16H23N3O2/c1-2-4-15(20)18-11-13-6-9-19(10-7-13)16(21)14-5-3-8-17-12-14/h3,5,8,12-13H,2,4,6-7,9-11H2,1H3,(H,18,20). The number of rotatable bonds is 5. The van der Waals surface area contributed by atoms with Crippen LogP contribution in [-0.2, 0) is 4.79 Å². The van der Waals surface area contributed by atoms with E-state index in [4.69, 9.17) is 0 Å². The molecule has 0 bridgehead atoms. The van der Waals surface area contributed by atoms with Gasteiger partial charge in [0.25, 0.3) is 5.91 Å². The van der Waals surface area contributed by atoms with E-state index in [2.05, 4.69) is 10.3 Å². The van der Waals surface area contributed by atoms with Gasteiger partial charge in [-0.25, -0.2) is 0 Å². The SMILES string of the molecule is CCCC(=O)NCC1CCN(C(=O)c2cccnc2)CC1. The summed E-state index contributed by atoms with van der Waals surface area (Å²) < 4.78 is 0. The predicted octanol–water partition coefficient (Wildman–Crippen LogP) is 1.85. The van der Waals surface area contributed by atoms with E-state index in [-0.39, 0.29) is 11.8 Å². The van der Waals surface area contributed by atoms with Crippen molar-refractivity contribution in [3.8, 4) is 0 Å². The summed E-state index contributed by atoms with van der Waals surface area (Å²) in [4.78, 5) is 29.6. The minimum absolute atomic E-state index is 0.0524. The highest BCUT2D eigenvalue weighted by atomic mass is 16.2. The second kappa shape index (κ2) is 7.76. The average molecular weight is 289 g/mol. The first kappa shape index (κ1) is 15.5. The summed E-state index contributed by atoms with van der Waals surface area (Å²) in [5, 5.41) is 2.98. The van der Waals surface area contributed by atoms with Gasteiger partial charge in [-0.2, -0.15) is 0 Å². The Bertz CT molecular complexity index is 468. The number of carbonyl (C=O) groups is 2. The van der Waals surface area contributed by atoms with Crippen molar-refractivity contribution in [1.29, 1.82) is 0 Å². The van der Waals surface area contributed by atoms with E-state index in [9.17, 15) is 9.59 Å². The highest BCUT2D eigenvalue weighted by molar-refractivity contribution is 5.93. The number of likely N-dealkylation sites (tertiary alicyclic amines) is 1. The van der Waals surface area contributed by atoms with Crippen molar-refractivity contribution in [3.05, 3.63) is 30.1 Å². The van der Waals surface area contributed by atoms with Crippen LogP contribution in [0, 0.1) is 5.92 Å². The van der Waals surface area contributed by atoms with Gasteiger partial charge in [0.05, 0.1) is 5.56 Å². The summed E-state index contributed by atoms with van der Waals surface area (Å²) in [6, 6.07) is 3.58. The van der Waals surface area contributed by atoms with Crippen LogP contribution in [0.15, 0.2) is 24.5 Å². The molecule has 1 aliphatic heterocycles. The van der Waals surface area contributed by atoms with E-state index in [1.807, 2.05) is 11.8 Å². The Labute approximate surface area is 125 Å². The molecule has 0 radical (unpaired) electrons. The molecule has 0 aliphatic carbocycles. The number of pyridine rings is 1. The van der Waals surface area contributed by atoms with Crippen molar-refractivity contribution >= 4 is 11.8 Å². The van der Waals surface area contributed by atoms with E-state index in [1.165, 1.54) is 0 Å². The minimum atomic E-state index is 0.0524. The lowest BCUT2D eigenvalue weighted by Gasteiger charge is -2.32. The lowest BCUT2D eigenvalue weighted by molar-refractivity contribution is -0.121. The van der Waals surface area contributed by atoms with Crippen molar-refractivity contribution in [2.24, 2.45) is 5.92 Å². The lowest BCUT2D eigenvalue weighted by Crippen LogP contribution is -2.41. The molecule has 0 unspecified atom stereocenters. The molecule has 1 saturated heterocycles. The van der Waals surface area contributed by atoms with Gasteiger partial charge >= 0.3 is 0 Å². The quantitative estimate of drug-likeness (QED) is 0.900. The third kappa shape index (κ3) is 4.55. The highest BCUT2D eigenvalue weighted by Gasteiger charge is 2.23. The molecular formula is C16H23N3O2. The first-order valence-corrected chi connectivity index (χ1v) is 7.66. The molecule has 0 saturated carbocycles. The fraction of sp³-hybridized carbons (Fsp3) is 0.562. The second-order valence-corrected chi connectivity index (χ2v) is 5.53. The van der Waals surface area contributed by atoms with Crippen molar-refractivity contribution in [2.75, 3.05) is 19.6 Å². The molecule has 1 fully saturated rings. The van der Waals surface area contributed by atoms with Crippen LogP contribution in [0.1, 0.15) is 43.0 Å². The highest BCUT2D eigenvalue weighted by Crippen LogP contribution is 2.18. The van der Waals surface area contributed by atoms with Crippen molar-refractivity contribution in [2.45, 2.75) is 32.6 Å². The monoisotopic (exact) mass is 289 g/mol. The number of piperidine rings is 1. The molecule has 2 amide bonds. The van der Waals surface area contributed by atoms with E-state index < -0.39 is 0 Å². The molecule has 0 aromatic carbocycles. The molecule has 114 valence electrons.